The molecular weight excluding hydrogens is 328 g/mol. The van der Waals surface area contributed by atoms with E-state index in [0.717, 1.165) is 43.8 Å². The lowest BCUT2D eigenvalue weighted by Gasteiger charge is -2.31. The molecule has 4 rings (SSSR count). The standard InChI is InChI=1S/C19H22N6O/c1-2-3-10-19(22-23-19)11-7-17(26)24-13-8-15(9-14-24)18-21-20-16-6-4-5-12-25(16)18/h1,4-6,12,15H,3,7-11,13-14H2. The zero-order chi connectivity index (χ0) is 18.0. The Balaban J connectivity index is 1.29. The molecule has 0 aromatic carbocycles. The number of pyridine rings is 1. The molecule has 2 aromatic heterocycles. The first-order valence-electron chi connectivity index (χ1n) is 9.16. The molecule has 7 nitrogen and oxygen atoms in total. The van der Waals surface area contributed by atoms with Gasteiger partial charge in [-0.3, -0.25) is 9.20 Å². The van der Waals surface area contributed by atoms with Crippen LogP contribution in [0.2, 0.25) is 0 Å². The highest BCUT2D eigenvalue weighted by molar-refractivity contribution is 5.76. The predicted octanol–water partition coefficient (Wildman–Crippen LogP) is 2.79. The largest absolute Gasteiger partial charge is 0.343 e. The Morgan fingerprint density at radius 1 is 1.23 bits per heavy atom. The van der Waals surface area contributed by atoms with Crippen molar-refractivity contribution in [1.82, 2.24) is 19.5 Å². The van der Waals surface area contributed by atoms with Crippen molar-refractivity contribution >= 4 is 11.6 Å². The van der Waals surface area contributed by atoms with Gasteiger partial charge >= 0.3 is 0 Å². The summed E-state index contributed by atoms with van der Waals surface area (Å²) >= 11 is 0. The number of rotatable bonds is 6. The van der Waals surface area contributed by atoms with E-state index in [1.54, 1.807) is 0 Å². The van der Waals surface area contributed by atoms with E-state index in [2.05, 4.69) is 26.3 Å². The maximum Gasteiger partial charge on any atom is 0.222 e. The second-order valence-electron chi connectivity index (χ2n) is 7.03. The lowest BCUT2D eigenvalue weighted by Crippen LogP contribution is -2.38. The van der Waals surface area contributed by atoms with E-state index in [4.69, 9.17) is 6.42 Å². The summed E-state index contributed by atoms with van der Waals surface area (Å²) in [6.07, 6.45) is 11.7. The molecule has 1 fully saturated rings. The number of carbonyl (C=O) groups is 1. The quantitative estimate of drug-likeness (QED) is 0.752. The van der Waals surface area contributed by atoms with Crippen LogP contribution in [0.15, 0.2) is 34.6 Å². The summed E-state index contributed by atoms with van der Waals surface area (Å²) < 4.78 is 2.05. The highest BCUT2D eigenvalue weighted by Crippen LogP contribution is 2.38. The molecule has 0 saturated carbocycles. The monoisotopic (exact) mass is 350 g/mol. The molecule has 0 atom stereocenters. The molecule has 26 heavy (non-hydrogen) atoms. The summed E-state index contributed by atoms with van der Waals surface area (Å²) in [5.41, 5.74) is 0.496. The lowest BCUT2D eigenvalue weighted by atomic mass is 9.95. The zero-order valence-corrected chi connectivity index (χ0v) is 14.7. The van der Waals surface area contributed by atoms with Gasteiger partial charge in [-0.05, 0) is 25.0 Å². The third-order valence-corrected chi connectivity index (χ3v) is 5.34. The van der Waals surface area contributed by atoms with Crippen molar-refractivity contribution in [3.63, 3.8) is 0 Å². The smallest absolute Gasteiger partial charge is 0.222 e. The molecule has 0 aliphatic carbocycles. The number of nitrogens with zero attached hydrogens (tertiary/aromatic N) is 6. The van der Waals surface area contributed by atoms with Gasteiger partial charge in [0.1, 0.15) is 5.82 Å². The van der Waals surface area contributed by atoms with E-state index >= 15 is 0 Å². The molecule has 2 aromatic rings. The fourth-order valence-corrected chi connectivity index (χ4v) is 3.66. The summed E-state index contributed by atoms with van der Waals surface area (Å²) in [4.78, 5) is 14.5. The molecule has 2 aliphatic rings. The topological polar surface area (TPSA) is 75.2 Å². The SMILES string of the molecule is C#CCCC1(CCC(=O)N2CCC(c3nnc4ccccn34)CC2)N=N1. The molecule has 0 bridgehead atoms. The third kappa shape index (κ3) is 3.32. The van der Waals surface area contributed by atoms with E-state index in [1.165, 1.54) is 0 Å². The first kappa shape index (κ1) is 16.7. The fourth-order valence-electron chi connectivity index (χ4n) is 3.66. The maximum atomic E-state index is 12.5. The van der Waals surface area contributed by atoms with Crippen molar-refractivity contribution in [2.75, 3.05) is 13.1 Å². The van der Waals surface area contributed by atoms with Crippen molar-refractivity contribution in [3.8, 4) is 12.3 Å². The molecule has 7 heteroatoms. The Morgan fingerprint density at radius 3 is 2.77 bits per heavy atom. The van der Waals surface area contributed by atoms with Gasteiger partial charge in [0.15, 0.2) is 11.3 Å². The lowest BCUT2D eigenvalue weighted by molar-refractivity contribution is -0.132. The molecule has 0 radical (unpaired) electrons. The van der Waals surface area contributed by atoms with Gasteiger partial charge in [0.2, 0.25) is 5.91 Å². The van der Waals surface area contributed by atoms with Gasteiger partial charge in [0.05, 0.1) is 0 Å². The summed E-state index contributed by atoms with van der Waals surface area (Å²) in [5, 5.41) is 16.8. The fraction of sp³-hybridized carbons (Fsp3) is 0.526. The van der Waals surface area contributed by atoms with Crippen molar-refractivity contribution in [1.29, 1.82) is 0 Å². The van der Waals surface area contributed by atoms with Gasteiger partial charge in [-0.25, -0.2) is 0 Å². The van der Waals surface area contributed by atoms with Gasteiger partial charge in [-0.15, -0.1) is 22.5 Å². The molecule has 4 heterocycles. The Kier molecular flexibility index (Phi) is 4.41. The van der Waals surface area contributed by atoms with Gasteiger partial charge in [0, 0.05) is 50.9 Å². The number of hydrogen-bond acceptors (Lipinski definition) is 5. The first-order chi connectivity index (χ1) is 12.7. The molecule has 0 spiro atoms. The number of fused-ring (bicyclic) bond motifs is 1. The van der Waals surface area contributed by atoms with Crippen LogP contribution >= 0.6 is 0 Å². The normalized spacial score (nSPS) is 18.8. The second kappa shape index (κ2) is 6.87. The van der Waals surface area contributed by atoms with Crippen LogP contribution in [0.5, 0.6) is 0 Å². The maximum absolute atomic E-state index is 12.5. The molecular formula is C19H22N6O. The Labute approximate surface area is 152 Å². The van der Waals surface area contributed by atoms with E-state index < -0.39 is 0 Å². The Bertz CT molecular complexity index is 866. The zero-order valence-electron chi connectivity index (χ0n) is 14.7. The molecule has 0 unspecified atom stereocenters. The molecule has 0 N–H and O–H groups in total. The van der Waals surface area contributed by atoms with Crippen molar-refractivity contribution in [2.24, 2.45) is 10.2 Å². The summed E-state index contributed by atoms with van der Waals surface area (Å²) in [6, 6.07) is 5.91. The highest BCUT2D eigenvalue weighted by Gasteiger charge is 2.39. The molecule has 1 amide bonds. The number of piperidine rings is 1. The van der Waals surface area contributed by atoms with Crippen LogP contribution in [0.4, 0.5) is 0 Å². The average molecular weight is 350 g/mol. The first-order valence-corrected chi connectivity index (χ1v) is 9.16. The van der Waals surface area contributed by atoms with Crippen LogP contribution < -0.4 is 0 Å². The number of likely N-dealkylation sites (tertiary alicyclic amines) is 1. The van der Waals surface area contributed by atoms with Gasteiger partial charge in [-0.1, -0.05) is 6.07 Å². The van der Waals surface area contributed by atoms with Gasteiger partial charge in [0.25, 0.3) is 0 Å². The minimum atomic E-state index is -0.374. The summed E-state index contributed by atoms with van der Waals surface area (Å²) in [5.74, 6) is 4.14. The van der Waals surface area contributed by atoms with Crippen molar-refractivity contribution < 1.29 is 4.79 Å². The van der Waals surface area contributed by atoms with Crippen LogP contribution in [0, 0.1) is 12.3 Å². The minimum absolute atomic E-state index is 0.187. The van der Waals surface area contributed by atoms with Crippen molar-refractivity contribution in [2.45, 2.75) is 50.1 Å². The van der Waals surface area contributed by atoms with Crippen LogP contribution in [-0.2, 0) is 4.79 Å². The number of carbonyl (C=O) groups excluding carboxylic acids is 1. The van der Waals surface area contributed by atoms with Crippen molar-refractivity contribution in [3.05, 3.63) is 30.2 Å². The van der Waals surface area contributed by atoms with E-state index in [-0.39, 0.29) is 11.6 Å². The van der Waals surface area contributed by atoms with Crippen LogP contribution in [-0.4, -0.2) is 44.2 Å². The molecule has 134 valence electrons. The van der Waals surface area contributed by atoms with E-state index in [9.17, 15) is 4.79 Å². The van der Waals surface area contributed by atoms with Gasteiger partial charge < -0.3 is 4.90 Å². The molecule has 2 aliphatic heterocycles. The summed E-state index contributed by atoms with van der Waals surface area (Å²) in [7, 11) is 0. The van der Waals surface area contributed by atoms with Crippen LogP contribution in [0.3, 0.4) is 0 Å². The average Bonchev–Trinajstić information content (AvgIpc) is 3.33. The number of hydrogen-bond donors (Lipinski definition) is 0. The Hall–Kier alpha value is -2.75. The Morgan fingerprint density at radius 2 is 2.04 bits per heavy atom. The molecule has 1 saturated heterocycles. The van der Waals surface area contributed by atoms with E-state index in [0.29, 0.717) is 25.2 Å². The second-order valence-corrected chi connectivity index (χ2v) is 7.03. The van der Waals surface area contributed by atoms with Crippen LogP contribution in [0.25, 0.3) is 5.65 Å². The number of amides is 1. The minimum Gasteiger partial charge on any atom is -0.343 e. The third-order valence-electron chi connectivity index (χ3n) is 5.34. The van der Waals surface area contributed by atoms with Crippen LogP contribution in [0.1, 0.15) is 50.3 Å². The number of aromatic nitrogens is 3. The number of terminal acetylenes is 1. The van der Waals surface area contributed by atoms with Gasteiger partial charge in [-0.2, -0.15) is 10.2 Å². The predicted molar refractivity (Wildman–Crippen MR) is 96.4 cm³/mol. The summed E-state index contributed by atoms with van der Waals surface area (Å²) in [6.45, 7) is 1.52. The highest BCUT2D eigenvalue weighted by atomic mass is 16.2. The van der Waals surface area contributed by atoms with E-state index in [1.807, 2.05) is 33.7 Å².